The van der Waals surface area contributed by atoms with E-state index in [0.717, 1.165) is 7.05 Å². The molecule has 0 aliphatic rings. The number of carbonyl (C=O) groups excluding carboxylic acids is 1. The molecule has 15 heteroatoms. The van der Waals surface area contributed by atoms with Gasteiger partial charge in [-0.3, -0.25) is 9.48 Å². The Morgan fingerprint density at radius 2 is 1.39 bits per heavy atom. The summed E-state index contributed by atoms with van der Waals surface area (Å²) in [7, 11) is 0.829. The van der Waals surface area contributed by atoms with Gasteiger partial charge < -0.3 is 5.32 Å². The van der Waals surface area contributed by atoms with Gasteiger partial charge in [0.05, 0.1) is 4.47 Å². The molecule has 0 atom stereocenters. The maximum absolute atomic E-state index is 13.8. The number of carbonyl (C=O) groups is 1. The summed E-state index contributed by atoms with van der Waals surface area (Å²) in [4.78, 5) is 12.0. The van der Waals surface area contributed by atoms with E-state index in [0.29, 0.717) is 4.68 Å². The van der Waals surface area contributed by atoms with Crippen LogP contribution in [-0.4, -0.2) is 15.7 Å². The molecule has 154 valence electrons. The molecule has 0 unspecified atom stereocenters. The summed E-state index contributed by atoms with van der Waals surface area (Å²) >= 11 is 2.41. The average molecular weight is 488 g/mol. The minimum Gasteiger partial charge on any atom is -0.315 e. The van der Waals surface area contributed by atoms with Crippen molar-refractivity contribution in [2.24, 2.45) is 7.05 Å². The highest BCUT2D eigenvalue weighted by molar-refractivity contribution is 9.10. The van der Waals surface area contributed by atoms with Gasteiger partial charge in [-0.25, -0.2) is 17.6 Å². The number of aryl methyl sites for hydroxylation is 1. The van der Waals surface area contributed by atoms with Gasteiger partial charge in [-0.05, 0) is 15.9 Å². The van der Waals surface area contributed by atoms with Crippen molar-refractivity contribution in [1.82, 2.24) is 9.78 Å². The molecule has 0 saturated carbocycles. The van der Waals surface area contributed by atoms with Crippen molar-refractivity contribution in [3.05, 3.63) is 44.7 Å². The first-order valence-corrected chi connectivity index (χ1v) is 7.42. The second kappa shape index (κ2) is 6.93. The van der Waals surface area contributed by atoms with E-state index in [1.807, 2.05) is 0 Å². The summed E-state index contributed by atoms with van der Waals surface area (Å²) in [6.45, 7) is 0. The lowest BCUT2D eigenvalue weighted by molar-refractivity contribution is -0.143. The number of nitrogens with one attached hydrogen (secondary N) is 1. The Morgan fingerprint density at radius 3 is 1.75 bits per heavy atom. The molecular weight excluding hydrogens is 484 g/mol. The SMILES string of the molecule is Cn1nc(C(F)(F)F)c(Br)c1C(=O)Nc1c(F)c(F)c(C(F)(F)F)c(F)c1F. The molecule has 0 aliphatic carbocycles. The number of rotatable bonds is 2. The number of alkyl halides is 6. The van der Waals surface area contributed by atoms with Gasteiger partial charge in [-0.1, -0.05) is 0 Å². The minimum atomic E-state index is -5.80. The molecule has 0 fully saturated rings. The van der Waals surface area contributed by atoms with Crippen LogP contribution in [0.2, 0.25) is 0 Å². The topological polar surface area (TPSA) is 46.9 Å². The van der Waals surface area contributed by atoms with E-state index in [2.05, 4.69) is 21.0 Å². The third-order valence-corrected chi connectivity index (χ3v) is 4.01. The molecule has 1 N–H and O–H groups in total. The van der Waals surface area contributed by atoms with Crippen LogP contribution in [0.5, 0.6) is 0 Å². The van der Waals surface area contributed by atoms with E-state index in [1.165, 1.54) is 5.32 Å². The number of anilines is 1. The highest BCUT2D eigenvalue weighted by Crippen LogP contribution is 2.39. The lowest BCUT2D eigenvalue weighted by Gasteiger charge is -2.14. The third-order valence-electron chi connectivity index (χ3n) is 3.26. The Bertz CT molecular complexity index is 934. The third kappa shape index (κ3) is 3.66. The standard InChI is InChI=1S/C13H4BrF10N3O/c1-27-9(3(14)10(26-27)13(22,23)24)11(28)25-8-6(17)4(15)2(12(19,20)21)5(16)7(8)18/h1H3,(H,25,28). The first-order chi connectivity index (χ1) is 12.6. The van der Waals surface area contributed by atoms with Crippen molar-refractivity contribution in [3.8, 4) is 0 Å². The summed E-state index contributed by atoms with van der Waals surface area (Å²) in [6, 6.07) is 0. The smallest absolute Gasteiger partial charge is 0.315 e. The maximum atomic E-state index is 13.8. The number of hydrogen-bond donors (Lipinski definition) is 1. The molecule has 1 aromatic carbocycles. The molecular formula is C13H4BrF10N3O. The van der Waals surface area contributed by atoms with Crippen LogP contribution >= 0.6 is 15.9 Å². The molecule has 0 bridgehead atoms. The molecule has 0 aliphatic heterocycles. The molecule has 4 nitrogen and oxygen atoms in total. The second-order valence-corrected chi connectivity index (χ2v) is 5.88. The van der Waals surface area contributed by atoms with Gasteiger partial charge in [-0.2, -0.15) is 31.4 Å². The van der Waals surface area contributed by atoms with Crippen molar-refractivity contribution in [1.29, 1.82) is 0 Å². The van der Waals surface area contributed by atoms with Crippen LogP contribution < -0.4 is 5.32 Å². The molecule has 1 aromatic heterocycles. The molecule has 28 heavy (non-hydrogen) atoms. The van der Waals surface area contributed by atoms with E-state index in [9.17, 15) is 48.7 Å². The fourth-order valence-electron chi connectivity index (χ4n) is 2.09. The number of halogens is 11. The van der Waals surface area contributed by atoms with E-state index in [1.54, 1.807) is 0 Å². The fourth-order valence-corrected chi connectivity index (χ4v) is 2.83. The largest absolute Gasteiger partial charge is 0.436 e. The first kappa shape index (κ1) is 22.0. The summed E-state index contributed by atoms with van der Waals surface area (Å²) in [6.07, 6.45) is -10.8. The van der Waals surface area contributed by atoms with Gasteiger partial charge in [0.1, 0.15) is 16.9 Å². The van der Waals surface area contributed by atoms with Crippen molar-refractivity contribution in [2.75, 3.05) is 5.32 Å². The van der Waals surface area contributed by atoms with Gasteiger partial charge >= 0.3 is 12.4 Å². The zero-order chi connectivity index (χ0) is 21.8. The molecule has 2 aromatic rings. The molecule has 0 spiro atoms. The van der Waals surface area contributed by atoms with Gasteiger partial charge in [0.15, 0.2) is 29.0 Å². The van der Waals surface area contributed by atoms with Gasteiger partial charge in [0.25, 0.3) is 5.91 Å². The number of aromatic nitrogens is 2. The first-order valence-electron chi connectivity index (χ1n) is 6.63. The zero-order valence-electron chi connectivity index (χ0n) is 13.0. The van der Waals surface area contributed by atoms with Crippen LogP contribution in [-0.2, 0) is 19.4 Å². The van der Waals surface area contributed by atoms with Gasteiger partial charge in [-0.15, -0.1) is 0 Å². The van der Waals surface area contributed by atoms with Crippen LogP contribution in [0.15, 0.2) is 4.47 Å². The number of benzene rings is 1. The monoisotopic (exact) mass is 487 g/mol. The Kier molecular flexibility index (Phi) is 5.44. The summed E-state index contributed by atoms with van der Waals surface area (Å²) < 4.78 is 130. The molecule has 2 rings (SSSR count). The van der Waals surface area contributed by atoms with E-state index in [-0.39, 0.29) is 0 Å². The molecule has 0 radical (unpaired) electrons. The quantitative estimate of drug-likeness (QED) is 0.477. The summed E-state index contributed by atoms with van der Waals surface area (Å²) in [5.41, 5.74) is -7.42. The van der Waals surface area contributed by atoms with E-state index in [4.69, 9.17) is 0 Å². The van der Waals surface area contributed by atoms with Crippen molar-refractivity contribution < 1.29 is 48.7 Å². The van der Waals surface area contributed by atoms with Crippen molar-refractivity contribution in [2.45, 2.75) is 12.4 Å². The maximum Gasteiger partial charge on any atom is 0.436 e. The number of amides is 1. The normalized spacial score (nSPS) is 12.4. The lowest BCUT2D eigenvalue weighted by Crippen LogP contribution is -2.22. The Balaban J connectivity index is 2.57. The Labute approximate surface area is 156 Å². The van der Waals surface area contributed by atoms with Crippen LogP contribution in [0, 0.1) is 23.3 Å². The predicted molar refractivity (Wildman–Crippen MR) is 75.1 cm³/mol. The lowest BCUT2D eigenvalue weighted by atomic mass is 10.1. The van der Waals surface area contributed by atoms with Gasteiger partial charge in [0, 0.05) is 7.05 Å². The number of hydrogen-bond acceptors (Lipinski definition) is 2. The van der Waals surface area contributed by atoms with Crippen molar-refractivity contribution >= 4 is 27.5 Å². The van der Waals surface area contributed by atoms with Gasteiger partial charge in [0.2, 0.25) is 0 Å². The van der Waals surface area contributed by atoms with Crippen LogP contribution in [0.3, 0.4) is 0 Å². The predicted octanol–water partition coefficient (Wildman–Crippen LogP) is 5.03. The van der Waals surface area contributed by atoms with Crippen molar-refractivity contribution in [3.63, 3.8) is 0 Å². The summed E-state index contributed by atoms with van der Waals surface area (Å²) in [5.74, 6) is -12.6. The molecule has 1 amide bonds. The van der Waals surface area contributed by atoms with Crippen LogP contribution in [0.25, 0.3) is 0 Å². The zero-order valence-corrected chi connectivity index (χ0v) is 14.5. The number of nitrogens with zero attached hydrogens (tertiary/aromatic N) is 2. The Hall–Kier alpha value is -2.32. The minimum absolute atomic E-state index is 0.328. The highest BCUT2D eigenvalue weighted by atomic mass is 79.9. The Morgan fingerprint density at radius 1 is 0.929 bits per heavy atom. The van der Waals surface area contributed by atoms with Crippen LogP contribution in [0.1, 0.15) is 21.7 Å². The fraction of sp³-hybridized carbons (Fsp3) is 0.231. The highest BCUT2D eigenvalue weighted by Gasteiger charge is 2.43. The average Bonchev–Trinajstić information content (AvgIpc) is 2.83. The molecule has 0 saturated heterocycles. The second-order valence-electron chi connectivity index (χ2n) is 5.09. The summed E-state index contributed by atoms with van der Waals surface area (Å²) in [5, 5.41) is 4.18. The van der Waals surface area contributed by atoms with Crippen LogP contribution in [0.4, 0.5) is 49.6 Å². The van der Waals surface area contributed by atoms with E-state index >= 15 is 0 Å². The molecule has 1 heterocycles. The van der Waals surface area contributed by atoms with E-state index < -0.39 is 68.6 Å².